The van der Waals surface area contributed by atoms with Gasteiger partial charge in [-0.1, -0.05) is 51.0 Å². The monoisotopic (exact) mass is 266 g/mol. The van der Waals surface area contributed by atoms with E-state index in [1.807, 2.05) is 30.3 Å². The van der Waals surface area contributed by atoms with Gasteiger partial charge in [-0.05, 0) is 24.5 Å². The quantitative estimate of drug-likeness (QED) is 0.751. The minimum Gasteiger partial charge on any atom is -0.385 e. The Morgan fingerprint density at radius 1 is 1.05 bits per heavy atom. The van der Waals surface area contributed by atoms with Crippen molar-refractivity contribution in [3.05, 3.63) is 42.0 Å². The fourth-order valence-electron chi connectivity index (χ4n) is 2.45. The lowest BCUT2D eigenvalue weighted by molar-refractivity contribution is 0.545. The van der Waals surface area contributed by atoms with Gasteiger partial charge >= 0.3 is 0 Å². The molecule has 2 aromatic rings. The molecule has 0 aliphatic rings. The topological polar surface area (TPSA) is 35.8 Å². The number of nitrogens with zero attached hydrogens (tertiary/aromatic N) is 1. The van der Waals surface area contributed by atoms with Crippen molar-refractivity contribution in [3.8, 4) is 6.07 Å². The Hall–Kier alpha value is -2.01. The molecule has 2 heteroatoms. The van der Waals surface area contributed by atoms with E-state index >= 15 is 0 Å². The van der Waals surface area contributed by atoms with Crippen LogP contribution < -0.4 is 5.32 Å². The third-order valence-corrected chi connectivity index (χ3v) is 3.57. The summed E-state index contributed by atoms with van der Waals surface area (Å²) in [6.07, 6.45) is 3.74. The third kappa shape index (κ3) is 3.51. The summed E-state index contributed by atoms with van der Waals surface area (Å²) < 4.78 is 0. The Kier molecular flexibility index (Phi) is 5.01. The van der Waals surface area contributed by atoms with Crippen molar-refractivity contribution in [1.82, 2.24) is 0 Å². The van der Waals surface area contributed by atoms with E-state index in [0.29, 0.717) is 0 Å². The fourth-order valence-corrected chi connectivity index (χ4v) is 2.45. The number of fused-ring (bicyclic) bond motifs is 1. The second-order valence-electron chi connectivity index (χ2n) is 5.63. The SMILES string of the molecule is CC(C)CCCCNc1ccc(C#N)c2ccccc12. The lowest BCUT2D eigenvalue weighted by Gasteiger charge is -2.11. The molecule has 1 N–H and O–H groups in total. The molecule has 0 amide bonds. The van der Waals surface area contributed by atoms with Crippen LogP contribution in [0.5, 0.6) is 0 Å². The summed E-state index contributed by atoms with van der Waals surface area (Å²) >= 11 is 0. The number of hydrogen-bond donors (Lipinski definition) is 1. The van der Waals surface area contributed by atoms with Crippen molar-refractivity contribution in [3.63, 3.8) is 0 Å². The molecule has 0 aliphatic carbocycles. The first-order valence-electron chi connectivity index (χ1n) is 7.38. The van der Waals surface area contributed by atoms with Crippen LogP contribution in [-0.4, -0.2) is 6.54 Å². The number of nitriles is 1. The number of unbranched alkanes of at least 4 members (excludes halogenated alkanes) is 1. The van der Waals surface area contributed by atoms with Crippen LogP contribution in [-0.2, 0) is 0 Å². The van der Waals surface area contributed by atoms with Gasteiger partial charge in [0.05, 0.1) is 11.6 Å². The normalized spacial score (nSPS) is 10.7. The molecule has 0 atom stereocenters. The summed E-state index contributed by atoms with van der Waals surface area (Å²) in [5, 5.41) is 14.8. The van der Waals surface area contributed by atoms with Crippen molar-refractivity contribution in [2.75, 3.05) is 11.9 Å². The second kappa shape index (κ2) is 6.96. The molecule has 20 heavy (non-hydrogen) atoms. The molecule has 0 heterocycles. The molecule has 2 nitrogen and oxygen atoms in total. The number of nitrogens with one attached hydrogen (secondary N) is 1. The van der Waals surface area contributed by atoms with Crippen LogP contribution in [0.3, 0.4) is 0 Å². The van der Waals surface area contributed by atoms with Crippen LogP contribution in [0.15, 0.2) is 36.4 Å². The van der Waals surface area contributed by atoms with E-state index < -0.39 is 0 Å². The van der Waals surface area contributed by atoms with Crippen LogP contribution in [0.4, 0.5) is 5.69 Å². The van der Waals surface area contributed by atoms with Gasteiger partial charge in [-0.15, -0.1) is 0 Å². The smallest absolute Gasteiger partial charge is 0.0998 e. The molecule has 0 bridgehead atoms. The van der Waals surface area contributed by atoms with Crippen molar-refractivity contribution in [2.24, 2.45) is 5.92 Å². The average molecular weight is 266 g/mol. The molecule has 0 radical (unpaired) electrons. The van der Waals surface area contributed by atoms with E-state index in [1.165, 1.54) is 19.3 Å². The first-order chi connectivity index (χ1) is 9.72. The molecule has 0 fully saturated rings. The Labute approximate surface area is 121 Å². The molecule has 0 aromatic heterocycles. The minimum atomic E-state index is 0.742. The highest BCUT2D eigenvalue weighted by Crippen LogP contribution is 2.26. The lowest BCUT2D eigenvalue weighted by Crippen LogP contribution is -2.03. The summed E-state index contributed by atoms with van der Waals surface area (Å²) in [5.41, 5.74) is 1.87. The predicted molar refractivity (Wildman–Crippen MR) is 85.8 cm³/mol. The maximum atomic E-state index is 9.15. The van der Waals surface area contributed by atoms with E-state index in [-0.39, 0.29) is 0 Å². The van der Waals surface area contributed by atoms with Crippen molar-refractivity contribution >= 4 is 16.5 Å². The molecular formula is C18H22N2. The van der Waals surface area contributed by atoms with Gasteiger partial charge in [-0.25, -0.2) is 0 Å². The molecule has 0 aliphatic heterocycles. The van der Waals surface area contributed by atoms with Crippen LogP contribution in [0.1, 0.15) is 38.7 Å². The van der Waals surface area contributed by atoms with Gasteiger partial charge < -0.3 is 5.32 Å². The second-order valence-corrected chi connectivity index (χ2v) is 5.63. The first kappa shape index (κ1) is 14.4. The zero-order chi connectivity index (χ0) is 14.4. The Bertz CT molecular complexity index is 608. The van der Waals surface area contributed by atoms with Gasteiger partial charge in [0.15, 0.2) is 0 Å². The predicted octanol–water partition coefficient (Wildman–Crippen LogP) is 4.95. The van der Waals surface area contributed by atoms with Gasteiger partial charge in [0.25, 0.3) is 0 Å². The molecule has 0 spiro atoms. The largest absolute Gasteiger partial charge is 0.385 e. The van der Waals surface area contributed by atoms with E-state index in [9.17, 15) is 0 Å². The van der Waals surface area contributed by atoms with E-state index in [2.05, 4.69) is 31.3 Å². The summed E-state index contributed by atoms with van der Waals surface area (Å²) in [6.45, 7) is 5.52. The Morgan fingerprint density at radius 3 is 2.50 bits per heavy atom. The fraction of sp³-hybridized carbons (Fsp3) is 0.389. The van der Waals surface area contributed by atoms with Gasteiger partial charge in [-0.3, -0.25) is 0 Å². The zero-order valence-electron chi connectivity index (χ0n) is 12.3. The van der Waals surface area contributed by atoms with Gasteiger partial charge in [0, 0.05) is 23.0 Å². The van der Waals surface area contributed by atoms with Crippen molar-refractivity contribution < 1.29 is 0 Å². The van der Waals surface area contributed by atoms with Crippen LogP contribution in [0.2, 0.25) is 0 Å². The molecule has 2 aromatic carbocycles. The lowest BCUT2D eigenvalue weighted by atomic mass is 10.0. The van der Waals surface area contributed by atoms with Crippen LogP contribution in [0.25, 0.3) is 10.8 Å². The van der Waals surface area contributed by atoms with Crippen LogP contribution >= 0.6 is 0 Å². The summed E-state index contributed by atoms with van der Waals surface area (Å²) in [6, 6.07) is 14.3. The molecule has 0 unspecified atom stereocenters. The van der Waals surface area contributed by atoms with E-state index in [0.717, 1.165) is 34.5 Å². The van der Waals surface area contributed by atoms with Crippen molar-refractivity contribution in [2.45, 2.75) is 33.1 Å². The highest BCUT2D eigenvalue weighted by molar-refractivity contribution is 5.97. The molecular weight excluding hydrogens is 244 g/mol. The van der Waals surface area contributed by atoms with Gasteiger partial charge in [0.1, 0.15) is 0 Å². The van der Waals surface area contributed by atoms with Gasteiger partial charge in [-0.2, -0.15) is 5.26 Å². The van der Waals surface area contributed by atoms with E-state index in [1.54, 1.807) is 0 Å². The van der Waals surface area contributed by atoms with Crippen LogP contribution in [0, 0.1) is 17.2 Å². The van der Waals surface area contributed by atoms with Crippen molar-refractivity contribution in [1.29, 1.82) is 5.26 Å². The molecule has 0 saturated heterocycles. The zero-order valence-corrected chi connectivity index (χ0v) is 12.3. The highest BCUT2D eigenvalue weighted by Gasteiger charge is 2.04. The Balaban J connectivity index is 2.06. The van der Waals surface area contributed by atoms with E-state index in [4.69, 9.17) is 5.26 Å². The standard InChI is InChI=1S/C18H22N2/c1-14(2)7-5-6-12-20-18-11-10-15(13-19)16-8-3-4-9-17(16)18/h3-4,8-11,14,20H,5-7,12H2,1-2H3. The molecule has 104 valence electrons. The highest BCUT2D eigenvalue weighted by atomic mass is 14.9. The first-order valence-corrected chi connectivity index (χ1v) is 7.38. The average Bonchev–Trinajstić information content (AvgIpc) is 2.46. The summed E-state index contributed by atoms with van der Waals surface area (Å²) in [4.78, 5) is 0. The maximum Gasteiger partial charge on any atom is 0.0998 e. The number of anilines is 1. The third-order valence-electron chi connectivity index (χ3n) is 3.57. The minimum absolute atomic E-state index is 0.742. The summed E-state index contributed by atoms with van der Waals surface area (Å²) in [7, 11) is 0. The number of benzene rings is 2. The number of rotatable bonds is 6. The van der Waals surface area contributed by atoms with Gasteiger partial charge in [0.2, 0.25) is 0 Å². The maximum absolute atomic E-state index is 9.15. The number of hydrogen-bond acceptors (Lipinski definition) is 2. The molecule has 0 saturated carbocycles. The summed E-state index contributed by atoms with van der Waals surface area (Å²) in [5.74, 6) is 0.783. The Morgan fingerprint density at radius 2 is 1.80 bits per heavy atom. The molecule has 2 rings (SSSR count).